The second-order valence-corrected chi connectivity index (χ2v) is 14.1. The van der Waals surface area contributed by atoms with Crippen LogP contribution in [0.3, 0.4) is 0 Å². The first-order chi connectivity index (χ1) is 24.7. The lowest BCUT2D eigenvalue weighted by Crippen LogP contribution is -2.59. The van der Waals surface area contributed by atoms with E-state index in [1.165, 1.54) is 7.11 Å². The van der Waals surface area contributed by atoms with E-state index in [4.69, 9.17) is 19.9 Å². The second kappa shape index (κ2) is 18.2. The molecule has 272 valence electrons. The van der Waals surface area contributed by atoms with Gasteiger partial charge in [-0.1, -0.05) is 68.1 Å². The Morgan fingerprint density at radius 3 is 2.49 bits per heavy atom. The first kappa shape index (κ1) is 37.8. The largest absolute Gasteiger partial charge is 0.444 e. The molecule has 2 heterocycles. The molecule has 12 nitrogen and oxygen atoms in total. The number of anilines is 2. The number of benzene rings is 3. The zero-order valence-corrected chi connectivity index (χ0v) is 30.1. The third-order valence-electron chi connectivity index (χ3n) is 8.72. The quantitative estimate of drug-likeness (QED) is 0.114. The number of nitrogens with zero attached hydrogens (tertiary/aromatic N) is 1. The summed E-state index contributed by atoms with van der Waals surface area (Å²) in [5.74, 6) is -1.88. The van der Waals surface area contributed by atoms with Crippen LogP contribution in [0, 0.1) is 5.92 Å². The summed E-state index contributed by atoms with van der Waals surface area (Å²) in [7, 11) is 1.49. The third-order valence-corrected chi connectivity index (χ3v) is 9.87. The van der Waals surface area contributed by atoms with Crippen molar-refractivity contribution in [2.24, 2.45) is 11.7 Å². The molecule has 13 heteroatoms. The zero-order valence-electron chi connectivity index (χ0n) is 29.3. The lowest BCUT2D eigenvalue weighted by atomic mass is 9.99. The van der Waals surface area contributed by atoms with Crippen molar-refractivity contribution < 1.29 is 33.4 Å². The molecule has 5 rings (SSSR count). The first-order valence-corrected chi connectivity index (χ1v) is 18.2. The maximum Gasteiger partial charge on any atom is 0.417 e. The van der Waals surface area contributed by atoms with E-state index < -0.39 is 48.2 Å². The molecule has 5 N–H and O–H groups in total. The van der Waals surface area contributed by atoms with Crippen LogP contribution in [0.5, 0.6) is 0 Å². The van der Waals surface area contributed by atoms with Crippen LogP contribution >= 0.6 is 11.8 Å². The summed E-state index contributed by atoms with van der Waals surface area (Å²) in [6, 6.07) is 19.4. The minimum absolute atomic E-state index is 0.0905. The molecule has 1 fully saturated rings. The number of nitrogens with one attached hydrogen (secondary N) is 3. The Morgan fingerprint density at radius 2 is 1.75 bits per heavy atom. The van der Waals surface area contributed by atoms with Crippen molar-refractivity contribution in [1.82, 2.24) is 15.5 Å². The second-order valence-electron chi connectivity index (χ2n) is 13.0. The molecule has 4 amide bonds. The number of hydrogen-bond acceptors (Lipinski definition) is 10. The number of unbranched alkanes of at least 4 members (excludes halogenated alkanes) is 1. The van der Waals surface area contributed by atoms with Gasteiger partial charge in [0.15, 0.2) is 6.29 Å². The molecule has 0 spiro atoms. The van der Waals surface area contributed by atoms with Crippen LogP contribution in [-0.2, 0) is 30.4 Å². The standard InChI is InChI=1S/C38H47N5O7S/c1-24(2)21-31(35(45)42-29-18-20-49-37(29)48-3)43(38(47)50-23-25-11-5-4-6-12-25)36(46)28(14-9-10-19-39)41-34(44)26-16-17-33-30(22-26)40-27-13-7-8-15-32(27)51-33/h4-8,11-13,15-17,22,24,28-29,31,37,40H,9-10,14,18-21,23,39H2,1-3H3,(H,41,44)(H,42,45)/t28?,29-,31-,37?/m0/s1. The summed E-state index contributed by atoms with van der Waals surface area (Å²) in [6.45, 7) is 4.45. The Morgan fingerprint density at radius 1 is 1.00 bits per heavy atom. The molecule has 3 aromatic rings. The minimum Gasteiger partial charge on any atom is -0.444 e. The van der Waals surface area contributed by atoms with Gasteiger partial charge in [-0.2, -0.15) is 0 Å². The lowest BCUT2D eigenvalue weighted by Gasteiger charge is -2.33. The number of nitrogens with two attached hydrogens (primary N) is 1. The van der Waals surface area contributed by atoms with Crippen LogP contribution in [0.4, 0.5) is 16.2 Å². The van der Waals surface area contributed by atoms with Gasteiger partial charge >= 0.3 is 6.09 Å². The zero-order chi connectivity index (χ0) is 36.3. The van der Waals surface area contributed by atoms with Gasteiger partial charge < -0.3 is 35.9 Å². The van der Waals surface area contributed by atoms with Crippen molar-refractivity contribution >= 4 is 47.0 Å². The Kier molecular flexibility index (Phi) is 13.5. The summed E-state index contributed by atoms with van der Waals surface area (Å²) >= 11 is 1.60. The molecule has 0 aromatic heterocycles. The summed E-state index contributed by atoms with van der Waals surface area (Å²) in [4.78, 5) is 59.4. The summed E-state index contributed by atoms with van der Waals surface area (Å²) in [5, 5.41) is 9.20. The molecular weight excluding hydrogens is 671 g/mol. The van der Waals surface area contributed by atoms with Crippen LogP contribution in [0.1, 0.15) is 61.9 Å². The highest BCUT2D eigenvalue weighted by molar-refractivity contribution is 7.99. The van der Waals surface area contributed by atoms with Gasteiger partial charge in [0.05, 0.1) is 24.0 Å². The summed E-state index contributed by atoms with van der Waals surface area (Å²) in [6.07, 6.45) is 0.286. The van der Waals surface area contributed by atoms with Crippen molar-refractivity contribution in [3.63, 3.8) is 0 Å². The number of imide groups is 1. The molecule has 3 aromatic carbocycles. The fourth-order valence-corrected chi connectivity index (χ4v) is 7.06. The lowest BCUT2D eigenvalue weighted by molar-refractivity contribution is -0.143. The van der Waals surface area contributed by atoms with Gasteiger partial charge in [-0.25, -0.2) is 9.69 Å². The maximum absolute atomic E-state index is 14.6. The molecule has 0 aliphatic carbocycles. The van der Waals surface area contributed by atoms with Crippen LogP contribution < -0.4 is 21.7 Å². The van der Waals surface area contributed by atoms with E-state index >= 15 is 0 Å². The molecule has 0 saturated carbocycles. The number of carbonyl (C=O) groups is 4. The van der Waals surface area contributed by atoms with Crippen molar-refractivity contribution in [2.45, 2.75) is 86.8 Å². The highest BCUT2D eigenvalue weighted by Crippen LogP contribution is 2.44. The fraction of sp³-hybridized carbons (Fsp3) is 0.421. The number of hydrogen-bond donors (Lipinski definition) is 4. The van der Waals surface area contributed by atoms with Crippen molar-refractivity contribution in [2.75, 3.05) is 25.6 Å². The molecule has 2 unspecified atom stereocenters. The van der Waals surface area contributed by atoms with Crippen LogP contribution in [-0.4, -0.2) is 73.4 Å². The van der Waals surface area contributed by atoms with Crippen molar-refractivity contribution in [3.05, 3.63) is 83.9 Å². The normalized spacial score (nSPS) is 17.4. The Bertz CT molecular complexity index is 1670. The predicted octanol–water partition coefficient (Wildman–Crippen LogP) is 5.58. The molecule has 2 aliphatic heterocycles. The number of amides is 4. The first-order valence-electron chi connectivity index (χ1n) is 17.4. The summed E-state index contributed by atoms with van der Waals surface area (Å²) < 4.78 is 16.7. The van der Waals surface area contributed by atoms with Crippen LogP contribution in [0.25, 0.3) is 0 Å². The smallest absolute Gasteiger partial charge is 0.417 e. The van der Waals surface area contributed by atoms with Gasteiger partial charge in [0.1, 0.15) is 18.7 Å². The van der Waals surface area contributed by atoms with E-state index in [1.54, 1.807) is 36.0 Å². The maximum atomic E-state index is 14.6. The Hall–Kier alpha value is -4.43. The molecule has 1 saturated heterocycles. The number of carbonyl (C=O) groups excluding carboxylic acids is 4. The number of ether oxygens (including phenoxy) is 3. The minimum atomic E-state index is -1.24. The Labute approximate surface area is 303 Å². The number of methoxy groups -OCH3 is 1. The molecule has 4 atom stereocenters. The van der Waals surface area contributed by atoms with Gasteiger partial charge in [0.2, 0.25) is 5.91 Å². The van der Waals surface area contributed by atoms with Crippen LogP contribution in [0.2, 0.25) is 0 Å². The van der Waals surface area contributed by atoms with Gasteiger partial charge in [-0.15, -0.1) is 0 Å². The van der Waals surface area contributed by atoms with Gasteiger partial charge in [-0.05, 0) is 80.5 Å². The topological polar surface area (TPSA) is 161 Å². The molecule has 0 bridgehead atoms. The van der Waals surface area contributed by atoms with Crippen molar-refractivity contribution in [3.8, 4) is 0 Å². The molecule has 51 heavy (non-hydrogen) atoms. The van der Waals surface area contributed by atoms with E-state index in [1.807, 2.05) is 62.4 Å². The van der Waals surface area contributed by atoms with Gasteiger partial charge in [0, 0.05) is 22.5 Å². The SMILES string of the molecule is COC1OCC[C@@H]1NC(=O)[C@H](CC(C)C)N(C(=O)OCc1ccccc1)C(=O)C(CCCCN)NC(=O)c1ccc2c(c1)Nc1ccccc1S2. The highest BCUT2D eigenvalue weighted by atomic mass is 32.2. The van der Waals surface area contributed by atoms with E-state index in [2.05, 4.69) is 16.0 Å². The average molecular weight is 718 g/mol. The van der Waals surface area contributed by atoms with Gasteiger partial charge in [0.25, 0.3) is 11.8 Å². The monoisotopic (exact) mass is 717 g/mol. The number of rotatable bonds is 15. The average Bonchev–Trinajstić information content (AvgIpc) is 3.59. The van der Waals surface area contributed by atoms with Crippen LogP contribution in [0.15, 0.2) is 82.6 Å². The molecular formula is C38H47N5O7S. The fourth-order valence-electron chi connectivity index (χ4n) is 6.09. The number of para-hydroxylation sites is 1. The van der Waals surface area contributed by atoms with E-state index in [9.17, 15) is 19.2 Å². The third kappa shape index (κ3) is 9.88. The van der Waals surface area contributed by atoms with Gasteiger partial charge in [-0.3, -0.25) is 14.4 Å². The highest BCUT2D eigenvalue weighted by Gasteiger charge is 2.42. The Balaban J connectivity index is 1.43. The predicted molar refractivity (Wildman–Crippen MR) is 194 cm³/mol. The van der Waals surface area contributed by atoms with Crippen molar-refractivity contribution in [1.29, 1.82) is 0 Å². The van der Waals surface area contributed by atoms with E-state index in [0.717, 1.165) is 26.1 Å². The summed E-state index contributed by atoms with van der Waals surface area (Å²) in [5.41, 5.74) is 8.53. The van der Waals surface area contributed by atoms with E-state index in [0.29, 0.717) is 43.5 Å². The van der Waals surface area contributed by atoms with E-state index in [-0.39, 0.29) is 25.4 Å². The molecule has 2 aliphatic rings. The number of fused-ring (bicyclic) bond motifs is 2. The molecule has 0 radical (unpaired) electrons.